The van der Waals surface area contributed by atoms with Crippen LogP contribution in [-0.4, -0.2) is 9.97 Å². The number of imidazole rings is 1. The molecule has 1 heterocycles. The van der Waals surface area contributed by atoms with E-state index < -0.39 is 0 Å². The number of H-pyrrole nitrogens is 1. The van der Waals surface area contributed by atoms with Crippen molar-refractivity contribution >= 4 is 17.5 Å². The third kappa shape index (κ3) is 2.30. The molecule has 2 rings (SSSR count). The molecule has 0 fully saturated rings. The van der Waals surface area contributed by atoms with Gasteiger partial charge in [0.05, 0.1) is 5.69 Å². The van der Waals surface area contributed by atoms with Crippen LogP contribution in [0.3, 0.4) is 0 Å². The van der Waals surface area contributed by atoms with Gasteiger partial charge in [-0.3, -0.25) is 0 Å². The van der Waals surface area contributed by atoms with Crippen molar-refractivity contribution < 1.29 is 0 Å². The van der Waals surface area contributed by atoms with Crippen LogP contribution in [0.2, 0.25) is 5.02 Å². The Morgan fingerprint density at radius 1 is 1.47 bits per heavy atom. The van der Waals surface area contributed by atoms with Gasteiger partial charge >= 0.3 is 0 Å². The number of hydrogen-bond acceptors (Lipinski definition) is 2. The number of benzene rings is 1. The average Bonchev–Trinajstić information content (AvgIpc) is 2.45. The number of nitrogens with one attached hydrogen (secondary N) is 1. The summed E-state index contributed by atoms with van der Waals surface area (Å²) in [5.74, 6) is 0.463. The Bertz CT molecular complexity index is 476. The zero-order chi connectivity index (χ0) is 10.8. The van der Waals surface area contributed by atoms with E-state index in [1.54, 1.807) is 0 Å². The molecule has 0 aliphatic heterocycles. The van der Waals surface area contributed by atoms with Crippen LogP contribution in [0.25, 0.3) is 0 Å². The molecule has 78 valence electrons. The van der Waals surface area contributed by atoms with E-state index in [0.29, 0.717) is 5.95 Å². The third-order valence-corrected chi connectivity index (χ3v) is 2.50. The first-order valence-electron chi connectivity index (χ1n) is 4.70. The van der Waals surface area contributed by atoms with Crippen LogP contribution in [0, 0.1) is 6.92 Å². The summed E-state index contributed by atoms with van der Waals surface area (Å²) in [7, 11) is 0. The number of nitrogens with zero attached hydrogens (tertiary/aromatic N) is 1. The van der Waals surface area contributed by atoms with Crippen molar-refractivity contribution in [1.29, 1.82) is 0 Å². The van der Waals surface area contributed by atoms with E-state index in [4.69, 9.17) is 17.3 Å². The average molecular weight is 222 g/mol. The maximum absolute atomic E-state index is 5.90. The number of hydrogen-bond donors (Lipinski definition) is 2. The molecule has 0 spiro atoms. The van der Waals surface area contributed by atoms with Crippen LogP contribution in [0.15, 0.2) is 24.3 Å². The second-order valence-electron chi connectivity index (χ2n) is 3.50. The fraction of sp³-hybridized carbons (Fsp3) is 0.182. The number of rotatable bonds is 2. The molecule has 15 heavy (non-hydrogen) atoms. The summed E-state index contributed by atoms with van der Waals surface area (Å²) in [4.78, 5) is 7.19. The van der Waals surface area contributed by atoms with Crippen molar-refractivity contribution in [3.05, 3.63) is 46.2 Å². The lowest BCUT2D eigenvalue weighted by molar-refractivity contribution is 1.08. The quantitative estimate of drug-likeness (QED) is 0.819. The molecule has 0 bridgehead atoms. The molecular weight excluding hydrogens is 210 g/mol. The van der Waals surface area contributed by atoms with E-state index in [9.17, 15) is 0 Å². The minimum absolute atomic E-state index is 0.463. The van der Waals surface area contributed by atoms with Gasteiger partial charge in [-0.25, -0.2) is 4.98 Å². The third-order valence-electron chi connectivity index (χ3n) is 2.26. The first-order chi connectivity index (χ1) is 7.15. The normalized spacial score (nSPS) is 10.5. The zero-order valence-electron chi connectivity index (χ0n) is 8.42. The molecule has 0 radical (unpaired) electrons. The molecule has 3 N–H and O–H groups in total. The Labute approximate surface area is 93.3 Å². The van der Waals surface area contributed by atoms with Crippen LogP contribution in [0.5, 0.6) is 0 Å². The minimum atomic E-state index is 0.463. The van der Waals surface area contributed by atoms with Gasteiger partial charge in [0, 0.05) is 17.1 Å². The van der Waals surface area contributed by atoms with Crippen molar-refractivity contribution in [1.82, 2.24) is 9.97 Å². The zero-order valence-corrected chi connectivity index (χ0v) is 9.17. The maximum atomic E-state index is 5.90. The van der Waals surface area contributed by atoms with Gasteiger partial charge in [0.15, 0.2) is 5.95 Å². The first kappa shape index (κ1) is 10.1. The molecule has 3 nitrogen and oxygen atoms in total. The summed E-state index contributed by atoms with van der Waals surface area (Å²) in [6.45, 7) is 1.96. The number of anilines is 1. The number of aromatic amines is 1. The predicted molar refractivity (Wildman–Crippen MR) is 62.0 cm³/mol. The number of aromatic nitrogens is 2. The van der Waals surface area contributed by atoms with Gasteiger partial charge in [-0.05, 0) is 24.6 Å². The molecule has 4 heteroatoms. The Kier molecular flexibility index (Phi) is 2.64. The molecule has 0 saturated heterocycles. The van der Waals surface area contributed by atoms with Crippen molar-refractivity contribution in [3.8, 4) is 0 Å². The minimum Gasteiger partial charge on any atom is -0.369 e. The van der Waals surface area contributed by atoms with E-state index in [2.05, 4.69) is 9.97 Å². The Hall–Kier alpha value is -1.48. The van der Waals surface area contributed by atoms with Gasteiger partial charge < -0.3 is 10.7 Å². The van der Waals surface area contributed by atoms with Crippen LogP contribution >= 0.6 is 11.6 Å². The molecule has 1 aromatic carbocycles. The number of halogens is 1. The highest BCUT2D eigenvalue weighted by Crippen LogP contribution is 2.16. The maximum Gasteiger partial charge on any atom is 0.197 e. The summed E-state index contributed by atoms with van der Waals surface area (Å²) in [5, 5.41) is 0.744. The highest BCUT2D eigenvalue weighted by molar-refractivity contribution is 6.30. The van der Waals surface area contributed by atoms with E-state index in [-0.39, 0.29) is 0 Å². The van der Waals surface area contributed by atoms with Crippen LogP contribution in [0.1, 0.15) is 17.0 Å². The van der Waals surface area contributed by atoms with Crippen molar-refractivity contribution in [3.63, 3.8) is 0 Å². The molecule has 0 aliphatic rings. The van der Waals surface area contributed by atoms with Crippen molar-refractivity contribution in [2.45, 2.75) is 13.3 Å². The van der Waals surface area contributed by atoms with Gasteiger partial charge in [-0.2, -0.15) is 0 Å². The second kappa shape index (κ2) is 3.95. The number of nitrogens with two attached hydrogens (primary N) is 1. The van der Waals surface area contributed by atoms with Gasteiger partial charge in [0.1, 0.15) is 0 Å². The summed E-state index contributed by atoms with van der Waals surface area (Å²) in [6, 6.07) is 7.75. The lowest BCUT2D eigenvalue weighted by atomic mass is 10.1. The van der Waals surface area contributed by atoms with Crippen molar-refractivity contribution in [2.24, 2.45) is 0 Å². The van der Waals surface area contributed by atoms with E-state index in [0.717, 1.165) is 28.4 Å². The Morgan fingerprint density at radius 3 is 2.87 bits per heavy atom. The predicted octanol–water partition coefficient (Wildman–Crippen LogP) is 2.54. The highest BCUT2D eigenvalue weighted by Gasteiger charge is 2.05. The molecule has 0 unspecified atom stereocenters. The van der Waals surface area contributed by atoms with Crippen LogP contribution in [-0.2, 0) is 6.42 Å². The Morgan fingerprint density at radius 2 is 2.27 bits per heavy atom. The summed E-state index contributed by atoms with van der Waals surface area (Å²) in [6.07, 6.45) is 0.750. The fourth-order valence-electron chi connectivity index (χ4n) is 1.53. The van der Waals surface area contributed by atoms with Gasteiger partial charge in [0.25, 0.3) is 0 Å². The van der Waals surface area contributed by atoms with Gasteiger partial charge in [0.2, 0.25) is 0 Å². The molecule has 0 amide bonds. The molecule has 1 aromatic heterocycles. The summed E-state index contributed by atoms with van der Waals surface area (Å²) < 4.78 is 0. The van der Waals surface area contributed by atoms with Crippen LogP contribution in [0.4, 0.5) is 5.95 Å². The van der Waals surface area contributed by atoms with Gasteiger partial charge in [-0.1, -0.05) is 23.7 Å². The lowest BCUT2D eigenvalue weighted by Gasteiger charge is -1.99. The molecular formula is C11H12ClN3. The first-order valence-corrected chi connectivity index (χ1v) is 5.08. The van der Waals surface area contributed by atoms with E-state index >= 15 is 0 Å². The standard InChI is InChI=1S/C11H12ClN3/c1-7-10(15-11(13)14-7)6-8-3-2-4-9(12)5-8/h2-5H,6H2,1H3,(H3,13,14,15). The molecule has 2 aromatic rings. The summed E-state index contributed by atoms with van der Waals surface area (Å²) >= 11 is 5.90. The second-order valence-corrected chi connectivity index (χ2v) is 3.94. The topological polar surface area (TPSA) is 54.7 Å². The largest absolute Gasteiger partial charge is 0.369 e. The monoisotopic (exact) mass is 221 g/mol. The molecule has 0 atom stereocenters. The van der Waals surface area contributed by atoms with Crippen LogP contribution < -0.4 is 5.73 Å². The smallest absolute Gasteiger partial charge is 0.197 e. The number of aryl methyl sites for hydroxylation is 1. The van der Waals surface area contributed by atoms with E-state index in [1.165, 1.54) is 0 Å². The Balaban J connectivity index is 2.25. The molecule has 0 saturated carbocycles. The van der Waals surface area contributed by atoms with Gasteiger partial charge in [-0.15, -0.1) is 0 Å². The van der Waals surface area contributed by atoms with E-state index in [1.807, 2.05) is 31.2 Å². The summed E-state index contributed by atoms with van der Waals surface area (Å²) in [5.41, 5.74) is 8.68. The fourth-order valence-corrected chi connectivity index (χ4v) is 1.75. The number of nitrogen functional groups attached to an aromatic ring is 1. The SMILES string of the molecule is Cc1[nH]c(N)nc1Cc1cccc(Cl)c1. The van der Waals surface area contributed by atoms with Crippen molar-refractivity contribution in [2.75, 3.05) is 5.73 Å². The highest BCUT2D eigenvalue weighted by atomic mass is 35.5. The lowest BCUT2D eigenvalue weighted by Crippen LogP contribution is -1.91. The molecule has 0 aliphatic carbocycles.